The first kappa shape index (κ1) is 19.9. The van der Waals surface area contributed by atoms with Gasteiger partial charge in [0.2, 0.25) is 10.9 Å². The van der Waals surface area contributed by atoms with E-state index in [1.807, 2.05) is 74.5 Å². The van der Waals surface area contributed by atoms with Gasteiger partial charge in [-0.1, -0.05) is 53.8 Å². The zero-order chi connectivity index (χ0) is 22.1. The van der Waals surface area contributed by atoms with Crippen LogP contribution in [0.3, 0.4) is 0 Å². The number of nitrogens with zero attached hydrogens (tertiary/aromatic N) is 4. The summed E-state index contributed by atoms with van der Waals surface area (Å²) in [5.74, 6) is 1.87. The van der Waals surface area contributed by atoms with E-state index >= 15 is 0 Å². The Morgan fingerprint density at radius 1 is 1.03 bits per heavy atom. The van der Waals surface area contributed by atoms with E-state index in [1.54, 1.807) is 10.6 Å². The Morgan fingerprint density at radius 3 is 2.69 bits per heavy atom. The SMILES string of the molecule is Cc1ccc(-c2nn3c(C)nnc3s2)cc1NC(=O)/C=C/c1ccc(-c2ccccc2)o1. The second kappa shape index (κ2) is 8.24. The minimum atomic E-state index is -0.239. The van der Waals surface area contributed by atoms with Gasteiger partial charge in [-0.25, -0.2) is 0 Å². The van der Waals surface area contributed by atoms with E-state index in [0.717, 1.165) is 43.9 Å². The first-order chi connectivity index (χ1) is 15.6. The molecule has 5 aromatic rings. The number of aryl methyl sites for hydroxylation is 2. The van der Waals surface area contributed by atoms with Gasteiger partial charge in [0, 0.05) is 22.9 Å². The third-order valence-electron chi connectivity index (χ3n) is 4.97. The Balaban J connectivity index is 1.32. The van der Waals surface area contributed by atoms with E-state index in [2.05, 4.69) is 20.6 Å². The van der Waals surface area contributed by atoms with Gasteiger partial charge in [-0.3, -0.25) is 4.79 Å². The van der Waals surface area contributed by atoms with Crippen LogP contribution in [0, 0.1) is 13.8 Å². The summed E-state index contributed by atoms with van der Waals surface area (Å²) in [6.45, 7) is 3.81. The Bertz CT molecular complexity index is 1450. The van der Waals surface area contributed by atoms with E-state index in [-0.39, 0.29) is 5.91 Å². The molecule has 158 valence electrons. The maximum Gasteiger partial charge on any atom is 0.248 e. The molecule has 32 heavy (non-hydrogen) atoms. The number of hydrogen-bond donors (Lipinski definition) is 1. The third kappa shape index (κ3) is 3.95. The molecule has 0 aliphatic rings. The number of aromatic nitrogens is 4. The zero-order valence-corrected chi connectivity index (χ0v) is 18.3. The molecule has 0 unspecified atom stereocenters. The summed E-state index contributed by atoms with van der Waals surface area (Å²) in [5, 5.41) is 16.4. The highest BCUT2D eigenvalue weighted by molar-refractivity contribution is 7.19. The van der Waals surface area contributed by atoms with Crippen molar-refractivity contribution in [3.63, 3.8) is 0 Å². The van der Waals surface area contributed by atoms with Crippen molar-refractivity contribution in [2.45, 2.75) is 13.8 Å². The molecule has 1 amide bonds. The monoisotopic (exact) mass is 441 g/mol. The fraction of sp³-hybridized carbons (Fsp3) is 0.0833. The van der Waals surface area contributed by atoms with Gasteiger partial charge in [-0.05, 0) is 43.7 Å². The zero-order valence-electron chi connectivity index (χ0n) is 17.4. The van der Waals surface area contributed by atoms with Crippen molar-refractivity contribution in [2.24, 2.45) is 0 Å². The van der Waals surface area contributed by atoms with Gasteiger partial charge in [0.1, 0.15) is 16.5 Å². The molecule has 2 aromatic carbocycles. The molecule has 0 fully saturated rings. The molecule has 0 aliphatic carbocycles. The molecule has 0 spiro atoms. The van der Waals surface area contributed by atoms with E-state index in [1.165, 1.54) is 17.4 Å². The van der Waals surface area contributed by atoms with Crippen LogP contribution in [0.5, 0.6) is 0 Å². The van der Waals surface area contributed by atoms with Gasteiger partial charge in [-0.2, -0.15) is 9.61 Å². The molecule has 8 heteroatoms. The van der Waals surface area contributed by atoms with E-state index in [0.29, 0.717) is 5.76 Å². The number of amides is 1. The molecule has 0 aliphatic heterocycles. The molecule has 7 nitrogen and oxygen atoms in total. The Morgan fingerprint density at radius 2 is 1.88 bits per heavy atom. The summed E-state index contributed by atoms with van der Waals surface area (Å²) < 4.78 is 7.53. The lowest BCUT2D eigenvalue weighted by Gasteiger charge is -2.08. The van der Waals surface area contributed by atoms with Gasteiger partial charge >= 0.3 is 0 Å². The number of benzene rings is 2. The number of carbonyl (C=O) groups is 1. The molecule has 0 saturated carbocycles. The number of fused-ring (bicyclic) bond motifs is 1. The van der Waals surface area contributed by atoms with Gasteiger partial charge in [0.15, 0.2) is 5.82 Å². The molecule has 3 aromatic heterocycles. The molecule has 1 N–H and O–H groups in total. The summed E-state index contributed by atoms with van der Waals surface area (Å²) in [6, 6.07) is 19.4. The molecule has 0 bridgehead atoms. The molecule has 0 radical (unpaired) electrons. The van der Waals surface area contributed by atoms with Crippen molar-refractivity contribution >= 4 is 34.0 Å². The van der Waals surface area contributed by atoms with Crippen LogP contribution in [0.15, 0.2) is 71.2 Å². The molecular formula is C24H19N5O2S. The number of nitrogens with one attached hydrogen (secondary N) is 1. The highest BCUT2D eigenvalue weighted by Gasteiger charge is 2.12. The van der Waals surface area contributed by atoms with Crippen LogP contribution in [-0.4, -0.2) is 25.7 Å². The van der Waals surface area contributed by atoms with Crippen LogP contribution in [0.4, 0.5) is 5.69 Å². The summed E-state index contributed by atoms with van der Waals surface area (Å²) in [6.07, 6.45) is 3.12. The van der Waals surface area contributed by atoms with Crippen molar-refractivity contribution in [3.8, 4) is 21.9 Å². The van der Waals surface area contributed by atoms with Crippen molar-refractivity contribution in [2.75, 3.05) is 5.32 Å². The van der Waals surface area contributed by atoms with Gasteiger partial charge in [0.25, 0.3) is 0 Å². The van der Waals surface area contributed by atoms with Crippen molar-refractivity contribution < 1.29 is 9.21 Å². The van der Waals surface area contributed by atoms with Crippen molar-refractivity contribution in [1.82, 2.24) is 19.8 Å². The summed E-state index contributed by atoms with van der Waals surface area (Å²) in [4.78, 5) is 13.3. The molecule has 3 heterocycles. The van der Waals surface area contributed by atoms with E-state index in [9.17, 15) is 4.79 Å². The maximum atomic E-state index is 12.5. The van der Waals surface area contributed by atoms with Crippen LogP contribution in [0.25, 0.3) is 32.9 Å². The normalized spacial score (nSPS) is 11.4. The lowest BCUT2D eigenvalue weighted by molar-refractivity contribution is -0.111. The third-order valence-corrected chi connectivity index (χ3v) is 5.92. The topological polar surface area (TPSA) is 85.3 Å². The lowest BCUT2D eigenvalue weighted by Crippen LogP contribution is -2.09. The van der Waals surface area contributed by atoms with E-state index in [4.69, 9.17) is 4.42 Å². The number of furan rings is 1. The molecule has 0 atom stereocenters. The predicted octanol–water partition coefficient (Wildman–Crippen LogP) is 5.38. The number of hydrogen-bond acceptors (Lipinski definition) is 6. The fourth-order valence-corrected chi connectivity index (χ4v) is 4.13. The smallest absolute Gasteiger partial charge is 0.248 e. The van der Waals surface area contributed by atoms with Crippen LogP contribution < -0.4 is 5.32 Å². The van der Waals surface area contributed by atoms with Crippen LogP contribution in [0.1, 0.15) is 17.1 Å². The van der Waals surface area contributed by atoms with E-state index < -0.39 is 0 Å². The summed E-state index contributed by atoms with van der Waals surface area (Å²) in [7, 11) is 0. The molecule has 0 saturated heterocycles. The highest BCUT2D eigenvalue weighted by Crippen LogP contribution is 2.29. The summed E-state index contributed by atoms with van der Waals surface area (Å²) in [5.41, 5.74) is 3.58. The van der Waals surface area contributed by atoms with Gasteiger partial charge in [-0.15, -0.1) is 10.2 Å². The second-order valence-electron chi connectivity index (χ2n) is 7.27. The number of anilines is 1. The average molecular weight is 442 g/mol. The average Bonchev–Trinajstić information content (AvgIpc) is 3.52. The first-order valence-electron chi connectivity index (χ1n) is 10.0. The van der Waals surface area contributed by atoms with Crippen LogP contribution in [0.2, 0.25) is 0 Å². The van der Waals surface area contributed by atoms with Crippen LogP contribution in [-0.2, 0) is 4.79 Å². The minimum Gasteiger partial charge on any atom is -0.457 e. The number of carbonyl (C=O) groups excluding carboxylic acids is 1. The maximum absolute atomic E-state index is 12.5. The fourth-order valence-electron chi connectivity index (χ4n) is 3.25. The predicted molar refractivity (Wildman–Crippen MR) is 125 cm³/mol. The highest BCUT2D eigenvalue weighted by atomic mass is 32.1. The standard InChI is InChI=1S/C24H19N5O2S/c1-15-8-9-18(23-28-29-16(2)26-27-24(29)32-23)14-20(15)25-22(30)13-11-19-10-12-21(31-19)17-6-4-3-5-7-17/h3-14H,1-2H3,(H,25,30)/b13-11+. The Hall–Kier alpha value is -4.04. The largest absolute Gasteiger partial charge is 0.457 e. The number of rotatable bonds is 5. The van der Waals surface area contributed by atoms with Crippen molar-refractivity contribution in [3.05, 3.63) is 83.9 Å². The van der Waals surface area contributed by atoms with Crippen molar-refractivity contribution in [1.29, 1.82) is 0 Å². The molecule has 5 rings (SSSR count). The summed E-state index contributed by atoms with van der Waals surface area (Å²) >= 11 is 1.45. The quantitative estimate of drug-likeness (QED) is 0.370. The van der Waals surface area contributed by atoms with Gasteiger partial charge < -0.3 is 9.73 Å². The Kier molecular flexibility index (Phi) is 5.12. The van der Waals surface area contributed by atoms with Gasteiger partial charge in [0.05, 0.1) is 0 Å². The minimum absolute atomic E-state index is 0.239. The lowest BCUT2D eigenvalue weighted by atomic mass is 10.1. The Labute approximate surface area is 188 Å². The first-order valence-corrected chi connectivity index (χ1v) is 10.8. The molecular weight excluding hydrogens is 422 g/mol. The second-order valence-corrected chi connectivity index (χ2v) is 8.23. The van der Waals surface area contributed by atoms with Crippen LogP contribution >= 0.6 is 11.3 Å².